The van der Waals surface area contributed by atoms with Crippen LogP contribution in [0.5, 0.6) is 0 Å². The Labute approximate surface area is 106 Å². The molecule has 0 amide bonds. The summed E-state index contributed by atoms with van der Waals surface area (Å²) in [7, 11) is 0. The van der Waals surface area contributed by atoms with Crippen molar-refractivity contribution in [1.82, 2.24) is 4.90 Å². The predicted molar refractivity (Wildman–Crippen MR) is 71.1 cm³/mol. The Kier molecular flexibility index (Phi) is 4.30. The lowest BCUT2D eigenvalue weighted by Gasteiger charge is -2.33. The van der Waals surface area contributed by atoms with Crippen LogP contribution in [0.25, 0.3) is 0 Å². The van der Waals surface area contributed by atoms with Crippen molar-refractivity contribution in [3.05, 3.63) is 30.3 Å². The molecule has 17 heavy (non-hydrogen) atoms. The van der Waals surface area contributed by atoms with Gasteiger partial charge in [0.2, 0.25) is 0 Å². The quantitative estimate of drug-likeness (QED) is 0.771. The fourth-order valence-electron chi connectivity index (χ4n) is 1.74. The topological polar surface area (TPSA) is 44.7 Å². The third-order valence-corrected chi connectivity index (χ3v) is 3.01. The molecular formula is C12H16N2O2S. The normalized spacial score (nSPS) is 20.1. The lowest BCUT2D eigenvalue weighted by Crippen LogP contribution is -2.48. The van der Waals surface area contributed by atoms with Gasteiger partial charge in [0.25, 0.3) is 0 Å². The van der Waals surface area contributed by atoms with E-state index in [-0.39, 0.29) is 12.7 Å². The molecule has 1 atom stereocenters. The van der Waals surface area contributed by atoms with E-state index in [4.69, 9.17) is 22.1 Å². The Bertz CT molecular complexity index is 372. The van der Waals surface area contributed by atoms with Gasteiger partial charge in [-0.25, -0.2) is 0 Å². The number of anilines is 1. The molecule has 5 heteroatoms. The second kappa shape index (κ2) is 5.95. The molecular weight excluding hydrogens is 236 g/mol. The molecule has 1 unspecified atom stereocenters. The van der Waals surface area contributed by atoms with Crippen LogP contribution in [0.4, 0.5) is 5.69 Å². The van der Waals surface area contributed by atoms with Crippen LogP contribution in [0, 0.1) is 0 Å². The molecule has 0 aliphatic carbocycles. The van der Waals surface area contributed by atoms with Crippen molar-refractivity contribution in [3.8, 4) is 0 Å². The van der Waals surface area contributed by atoms with Crippen molar-refractivity contribution >= 4 is 23.0 Å². The molecule has 4 nitrogen and oxygen atoms in total. The van der Waals surface area contributed by atoms with Gasteiger partial charge in [-0.05, 0) is 24.4 Å². The minimum absolute atomic E-state index is 0.0322. The summed E-state index contributed by atoms with van der Waals surface area (Å²) in [5.41, 5.74) is 0.976. The Balaban J connectivity index is 1.91. The van der Waals surface area contributed by atoms with Crippen LogP contribution >= 0.6 is 12.2 Å². The van der Waals surface area contributed by atoms with Gasteiger partial charge in [0.05, 0.1) is 19.3 Å². The average Bonchev–Trinajstić information content (AvgIpc) is 2.40. The highest BCUT2D eigenvalue weighted by atomic mass is 32.1. The number of thiocarbonyl (C=S) groups is 1. The van der Waals surface area contributed by atoms with Crippen LogP contribution in [0.3, 0.4) is 0 Å². The number of para-hydroxylation sites is 1. The SMILES string of the molecule is OCC1CN(C(=S)Nc2ccccc2)CCO1. The van der Waals surface area contributed by atoms with Gasteiger partial charge in [0.1, 0.15) is 0 Å². The number of nitrogens with zero attached hydrogens (tertiary/aromatic N) is 1. The first-order valence-corrected chi connectivity index (χ1v) is 6.04. The van der Waals surface area contributed by atoms with E-state index in [2.05, 4.69) is 5.32 Å². The van der Waals surface area contributed by atoms with E-state index in [0.717, 1.165) is 12.2 Å². The number of aliphatic hydroxyl groups excluding tert-OH is 1. The van der Waals surface area contributed by atoms with Gasteiger partial charge < -0.3 is 20.1 Å². The van der Waals surface area contributed by atoms with E-state index in [0.29, 0.717) is 18.3 Å². The van der Waals surface area contributed by atoms with Gasteiger partial charge in [-0.15, -0.1) is 0 Å². The zero-order valence-corrected chi connectivity index (χ0v) is 10.3. The molecule has 0 aromatic heterocycles. The first-order valence-electron chi connectivity index (χ1n) is 5.63. The molecule has 0 bridgehead atoms. The van der Waals surface area contributed by atoms with Gasteiger partial charge in [-0.1, -0.05) is 18.2 Å². The third-order valence-electron chi connectivity index (χ3n) is 2.65. The Morgan fingerprint density at radius 2 is 2.24 bits per heavy atom. The molecule has 1 aromatic carbocycles. The third kappa shape index (κ3) is 3.39. The Morgan fingerprint density at radius 1 is 1.47 bits per heavy atom. The first-order chi connectivity index (χ1) is 8.29. The molecule has 0 radical (unpaired) electrons. The molecule has 92 valence electrons. The predicted octanol–water partition coefficient (Wildman–Crippen LogP) is 1.08. The second-order valence-corrected chi connectivity index (χ2v) is 4.30. The van der Waals surface area contributed by atoms with Crippen molar-refractivity contribution < 1.29 is 9.84 Å². The number of benzene rings is 1. The summed E-state index contributed by atoms with van der Waals surface area (Å²) < 4.78 is 5.38. The second-order valence-electron chi connectivity index (χ2n) is 3.92. The van der Waals surface area contributed by atoms with Crippen LogP contribution in [0.1, 0.15) is 0 Å². The highest BCUT2D eigenvalue weighted by Gasteiger charge is 2.21. The molecule has 1 heterocycles. The van der Waals surface area contributed by atoms with E-state index < -0.39 is 0 Å². The lowest BCUT2D eigenvalue weighted by molar-refractivity contribution is -0.0334. The van der Waals surface area contributed by atoms with Crippen LogP contribution in [0.2, 0.25) is 0 Å². The summed E-state index contributed by atoms with van der Waals surface area (Å²) in [5, 5.41) is 12.9. The Morgan fingerprint density at radius 3 is 2.94 bits per heavy atom. The summed E-state index contributed by atoms with van der Waals surface area (Å²) in [6.07, 6.45) is -0.140. The molecule has 1 fully saturated rings. The van der Waals surface area contributed by atoms with E-state index in [1.54, 1.807) is 0 Å². The summed E-state index contributed by atoms with van der Waals surface area (Å²) >= 11 is 5.33. The molecule has 1 aliphatic heterocycles. The minimum atomic E-state index is -0.140. The number of hydrogen-bond donors (Lipinski definition) is 2. The maximum atomic E-state index is 9.06. The Hall–Kier alpha value is -1.17. The molecule has 0 spiro atoms. The zero-order valence-electron chi connectivity index (χ0n) is 9.50. The standard InChI is InChI=1S/C12H16N2O2S/c15-9-11-8-14(6-7-16-11)12(17)13-10-4-2-1-3-5-10/h1-5,11,15H,6-9H2,(H,13,17). The largest absolute Gasteiger partial charge is 0.394 e. The highest BCUT2D eigenvalue weighted by molar-refractivity contribution is 7.80. The maximum absolute atomic E-state index is 9.06. The highest BCUT2D eigenvalue weighted by Crippen LogP contribution is 2.10. The maximum Gasteiger partial charge on any atom is 0.173 e. The van der Waals surface area contributed by atoms with Crippen LogP contribution in [-0.4, -0.2) is 47.5 Å². The molecule has 0 saturated carbocycles. The number of nitrogens with one attached hydrogen (secondary N) is 1. The number of ether oxygens (including phenoxy) is 1. The molecule has 1 aliphatic rings. The van der Waals surface area contributed by atoms with Crippen molar-refractivity contribution in [2.45, 2.75) is 6.10 Å². The average molecular weight is 252 g/mol. The van der Waals surface area contributed by atoms with E-state index in [1.807, 2.05) is 35.2 Å². The van der Waals surface area contributed by atoms with Crippen molar-refractivity contribution in [3.63, 3.8) is 0 Å². The smallest absolute Gasteiger partial charge is 0.173 e. The van der Waals surface area contributed by atoms with Crippen molar-refractivity contribution in [1.29, 1.82) is 0 Å². The molecule has 1 aromatic rings. The first kappa shape index (κ1) is 12.3. The van der Waals surface area contributed by atoms with Crippen molar-refractivity contribution in [2.75, 3.05) is 31.6 Å². The van der Waals surface area contributed by atoms with E-state index >= 15 is 0 Å². The number of aliphatic hydroxyl groups is 1. The van der Waals surface area contributed by atoms with Gasteiger partial charge in [0, 0.05) is 18.8 Å². The van der Waals surface area contributed by atoms with E-state index in [1.165, 1.54) is 0 Å². The van der Waals surface area contributed by atoms with Crippen LogP contribution in [0.15, 0.2) is 30.3 Å². The number of morpholine rings is 1. The molecule has 1 saturated heterocycles. The van der Waals surface area contributed by atoms with Crippen LogP contribution in [-0.2, 0) is 4.74 Å². The lowest BCUT2D eigenvalue weighted by atomic mass is 10.3. The van der Waals surface area contributed by atoms with Gasteiger partial charge in [0.15, 0.2) is 5.11 Å². The summed E-state index contributed by atoms with van der Waals surface area (Å²) in [4.78, 5) is 2.02. The summed E-state index contributed by atoms with van der Waals surface area (Å²) in [6.45, 7) is 2.02. The van der Waals surface area contributed by atoms with E-state index in [9.17, 15) is 0 Å². The fraction of sp³-hybridized carbons (Fsp3) is 0.417. The number of rotatable bonds is 2. The monoisotopic (exact) mass is 252 g/mol. The molecule has 2 rings (SSSR count). The van der Waals surface area contributed by atoms with Crippen LogP contribution < -0.4 is 5.32 Å². The fourth-order valence-corrected chi connectivity index (χ4v) is 2.02. The molecule has 2 N–H and O–H groups in total. The number of hydrogen-bond acceptors (Lipinski definition) is 3. The zero-order chi connectivity index (χ0) is 12.1. The summed E-state index contributed by atoms with van der Waals surface area (Å²) in [5.74, 6) is 0. The van der Waals surface area contributed by atoms with Crippen molar-refractivity contribution in [2.24, 2.45) is 0 Å². The van der Waals surface area contributed by atoms with Gasteiger partial charge in [-0.3, -0.25) is 0 Å². The summed E-state index contributed by atoms with van der Waals surface area (Å²) in [6, 6.07) is 9.82. The van der Waals surface area contributed by atoms with Gasteiger partial charge in [-0.2, -0.15) is 0 Å². The van der Waals surface area contributed by atoms with Gasteiger partial charge >= 0.3 is 0 Å². The minimum Gasteiger partial charge on any atom is -0.394 e.